The van der Waals surface area contributed by atoms with E-state index in [0.29, 0.717) is 25.7 Å². The highest BCUT2D eigenvalue weighted by molar-refractivity contribution is 5.21. The van der Waals surface area contributed by atoms with Crippen LogP contribution in [0.2, 0.25) is 0 Å². The first-order valence-electron chi connectivity index (χ1n) is 20.6. The highest BCUT2D eigenvalue weighted by Gasteiger charge is 2.69. The number of aliphatic hydroxyl groups excluding tert-OH is 8. The number of hydrogen-bond acceptors (Lipinski definition) is 12. The predicted molar refractivity (Wildman–Crippen MR) is 199 cm³/mol. The topological polar surface area (TPSA) is 199 Å². The average Bonchev–Trinajstić information content (AvgIpc) is 3.50. The lowest BCUT2D eigenvalue weighted by Crippen LogP contribution is -2.68. The van der Waals surface area contributed by atoms with Gasteiger partial charge < -0.3 is 59.8 Å². The third-order valence-electron chi connectivity index (χ3n) is 15.8. The van der Waals surface area contributed by atoms with Crippen LogP contribution in [0, 0.1) is 45.8 Å². The third-order valence-corrected chi connectivity index (χ3v) is 15.8. The van der Waals surface area contributed by atoms with Gasteiger partial charge in [-0.25, -0.2) is 0 Å². The normalized spacial score (nSPS) is 53.7. The molecular formula is C42H70O12. The van der Waals surface area contributed by atoms with Crippen LogP contribution in [0.5, 0.6) is 0 Å². The Bertz CT molecular complexity index is 1370. The van der Waals surface area contributed by atoms with E-state index in [9.17, 15) is 40.9 Å². The zero-order valence-electron chi connectivity index (χ0n) is 33.6. The number of aliphatic hydroxyl groups is 8. The van der Waals surface area contributed by atoms with E-state index in [0.717, 1.165) is 25.7 Å². The summed E-state index contributed by atoms with van der Waals surface area (Å²) in [6.07, 6.45) is -5.05. The average molecular weight is 767 g/mol. The third kappa shape index (κ3) is 7.10. The molecule has 5 unspecified atom stereocenters. The molecule has 8 N–H and O–H groups in total. The van der Waals surface area contributed by atoms with E-state index in [1.807, 2.05) is 0 Å². The Labute approximate surface area is 321 Å². The molecule has 2 saturated heterocycles. The molecule has 6 rings (SSSR count). The molecule has 12 heteroatoms. The SMILES string of the molecule is CCC1(C)C(O)CC[C@]2(C)C3C[C@H](O)[C@H]4[C@@H](/C(C)=C\CC=C(C)C)CC[C@]4(C)C3C[C@@H](O[C@@H]3O[C@H](CO)[C@@H](O)[C@H](O)[C@H]3O[C@@H]3O[C@@H](C)[C@H](O)[C@@H](O)[C@H]3O)C12. The number of ether oxygens (including phenoxy) is 4. The van der Waals surface area contributed by atoms with Gasteiger partial charge in [0.2, 0.25) is 0 Å². The zero-order chi connectivity index (χ0) is 39.7. The summed E-state index contributed by atoms with van der Waals surface area (Å²) in [5, 5.41) is 88.3. The summed E-state index contributed by atoms with van der Waals surface area (Å²) in [4.78, 5) is 0. The Morgan fingerprint density at radius 1 is 0.759 bits per heavy atom. The molecule has 0 radical (unpaired) electrons. The molecule has 21 atom stereocenters. The van der Waals surface area contributed by atoms with Gasteiger partial charge in [0.15, 0.2) is 12.6 Å². The minimum absolute atomic E-state index is 0.0701. The van der Waals surface area contributed by atoms with Crippen molar-refractivity contribution < 1.29 is 59.8 Å². The fourth-order valence-electron chi connectivity index (χ4n) is 12.6. The monoisotopic (exact) mass is 766 g/mol. The summed E-state index contributed by atoms with van der Waals surface area (Å²) < 4.78 is 25.2. The summed E-state index contributed by atoms with van der Waals surface area (Å²) >= 11 is 0. The standard InChI is InChI=1S/C42H70O12/c1-9-40(6)29(45)14-16-42(8)24-17-26(44)30-23(21(4)12-10-11-20(2)3)13-15-41(30,7)25(24)18-27(37(40)42)52-39-36(34(49)32(47)28(19-43)53-39)54-38-35(50)33(48)31(46)22(5)51-38/h11-12,22-39,43-50H,9-10,13-19H2,1-8H3/b21-12-/t22-,23+,24?,25?,26-,27+,28+,29?,30+,31-,32+,33+,34-,35+,36+,37?,38-,39+,40?,41+,42+/m0/s1. The largest absolute Gasteiger partial charge is 0.394 e. The van der Waals surface area contributed by atoms with E-state index in [1.165, 1.54) is 18.1 Å². The van der Waals surface area contributed by atoms with Crippen LogP contribution in [0.1, 0.15) is 107 Å². The molecule has 310 valence electrons. The first-order valence-corrected chi connectivity index (χ1v) is 20.6. The highest BCUT2D eigenvalue weighted by Crippen LogP contribution is 2.71. The number of hydrogen-bond donors (Lipinski definition) is 8. The molecule has 2 aliphatic heterocycles. The van der Waals surface area contributed by atoms with Crippen molar-refractivity contribution in [2.24, 2.45) is 45.8 Å². The van der Waals surface area contributed by atoms with Crippen LogP contribution < -0.4 is 0 Å². The van der Waals surface area contributed by atoms with Crippen molar-refractivity contribution in [3.8, 4) is 0 Å². The van der Waals surface area contributed by atoms with Gasteiger partial charge in [0, 0.05) is 0 Å². The van der Waals surface area contributed by atoms with Crippen molar-refractivity contribution in [1.82, 2.24) is 0 Å². The lowest BCUT2D eigenvalue weighted by molar-refractivity contribution is -0.379. The van der Waals surface area contributed by atoms with Crippen LogP contribution in [-0.4, -0.2) is 127 Å². The van der Waals surface area contributed by atoms with Gasteiger partial charge in [-0.05, 0) is 125 Å². The van der Waals surface area contributed by atoms with Crippen molar-refractivity contribution in [3.63, 3.8) is 0 Å². The number of rotatable bonds is 9. The molecule has 4 saturated carbocycles. The Morgan fingerprint density at radius 3 is 2.07 bits per heavy atom. The molecule has 54 heavy (non-hydrogen) atoms. The van der Waals surface area contributed by atoms with E-state index in [4.69, 9.17) is 18.9 Å². The summed E-state index contributed by atoms with van der Waals surface area (Å²) in [7, 11) is 0. The summed E-state index contributed by atoms with van der Waals surface area (Å²) in [6.45, 7) is 16.2. The zero-order valence-corrected chi connectivity index (χ0v) is 33.6. The van der Waals surface area contributed by atoms with Gasteiger partial charge in [-0.3, -0.25) is 0 Å². The van der Waals surface area contributed by atoms with Crippen molar-refractivity contribution >= 4 is 0 Å². The summed E-state index contributed by atoms with van der Waals surface area (Å²) in [5.41, 5.74) is 1.50. The van der Waals surface area contributed by atoms with Crippen LogP contribution >= 0.6 is 0 Å². The van der Waals surface area contributed by atoms with Gasteiger partial charge in [0.05, 0.1) is 31.0 Å². The van der Waals surface area contributed by atoms with Gasteiger partial charge >= 0.3 is 0 Å². The second kappa shape index (κ2) is 16.0. The van der Waals surface area contributed by atoms with Crippen molar-refractivity contribution in [1.29, 1.82) is 0 Å². The molecule has 2 heterocycles. The van der Waals surface area contributed by atoms with E-state index in [2.05, 4.69) is 60.6 Å². The predicted octanol–water partition coefficient (Wildman–Crippen LogP) is 2.95. The van der Waals surface area contributed by atoms with Crippen molar-refractivity contribution in [3.05, 3.63) is 23.3 Å². The molecule has 0 aromatic rings. The van der Waals surface area contributed by atoms with E-state index in [-0.39, 0.29) is 40.4 Å². The van der Waals surface area contributed by atoms with Gasteiger partial charge in [0.25, 0.3) is 0 Å². The fraction of sp³-hybridized carbons (Fsp3) is 0.905. The minimum Gasteiger partial charge on any atom is -0.394 e. The van der Waals surface area contributed by atoms with E-state index >= 15 is 0 Å². The Balaban J connectivity index is 1.37. The molecule has 4 aliphatic carbocycles. The van der Waals surface area contributed by atoms with E-state index in [1.54, 1.807) is 0 Å². The molecule has 0 aromatic heterocycles. The Hall–Kier alpha value is -1.00. The van der Waals surface area contributed by atoms with Crippen molar-refractivity contribution in [2.45, 2.75) is 186 Å². The van der Waals surface area contributed by atoms with Crippen LogP contribution in [0.4, 0.5) is 0 Å². The smallest absolute Gasteiger partial charge is 0.187 e. The molecular weight excluding hydrogens is 696 g/mol. The fourth-order valence-corrected chi connectivity index (χ4v) is 12.6. The van der Waals surface area contributed by atoms with Gasteiger partial charge in [-0.15, -0.1) is 0 Å². The Morgan fingerprint density at radius 2 is 1.43 bits per heavy atom. The Kier molecular flexibility index (Phi) is 12.6. The maximum Gasteiger partial charge on any atom is 0.187 e. The van der Waals surface area contributed by atoms with Crippen molar-refractivity contribution in [2.75, 3.05) is 6.61 Å². The molecule has 12 nitrogen and oxygen atoms in total. The first kappa shape index (κ1) is 42.6. The summed E-state index contributed by atoms with van der Waals surface area (Å²) in [6, 6.07) is 0. The number of fused-ring (bicyclic) bond motifs is 5. The minimum atomic E-state index is -1.67. The van der Waals surface area contributed by atoms with Crippen LogP contribution in [0.3, 0.4) is 0 Å². The second-order valence-electron chi connectivity index (χ2n) is 19.0. The number of allylic oxidation sites excluding steroid dienone is 4. The second-order valence-corrected chi connectivity index (χ2v) is 19.0. The van der Waals surface area contributed by atoms with E-state index < -0.39 is 91.7 Å². The molecule has 6 aliphatic rings. The lowest BCUT2D eigenvalue weighted by atomic mass is 9.38. The molecule has 0 bridgehead atoms. The maximum absolute atomic E-state index is 12.2. The van der Waals surface area contributed by atoms with Crippen LogP contribution in [-0.2, 0) is 18.9 Å². The van der Waals surface area contributed by atoms with Gasteiger partial charge in [0.1, 0.15) is 42.7 Å². The highest BCUT2D eigenvalue weighted by atomic mass is 16.8. The summed E-state index contributed by atoms with van der Waals surface area (Å²) in [5.74, 6) is 0.473. The van der Waals surface area contributed by atoms with Crippen LogP contribution in [0.25, 0.3) is 0 Å². The molecule has 0 amide bonds. The lowest BCUT2D eigenvalue weighted by Gasteiger charge is -2.68. The maximum atomic E-state index is 12.2. The molecule has 0 aromatic carbocycles. The van der Waals surface area contributed by atoms with Gasteiger partial charge in [-0.2, -0.15) is 0 Å². The molecule has 0 spiro atoms. The van der Waals surface area contributed by atoms with Gasteiger partial charge in [-0.1, -0.05) is 51.0 Å². The van der Waals surface area contributed by atoms with Crippen LogP contribution in [0.15, 0.2) is 23.3 Å². The quantitative estimate of drug-likeness (QED) is 0.126. The first-order chi connectivity index (χ1) is 25.3. The molecule has 6 fully saturated rings.